The summed E-state index contributed by atoms with van der Waals surface area (Å²) in [7, 11) is 0. The Balaban J connectivity index is 1.73. The van der Waals surface area contributed by atoms with Crippen LogP contribution in [0.5, 0.6) is 5.75 Å². The number of carbonyl (C=O) groups is 2. The lowest BCUT2D eigenvalue weighted by Crippen LogP contribution is -2.21. The van der Waals surface area contributed by atoms with Crippen LogP contribution in [-0.2, 0) is 22.4 Å². The van der Waals surface area contributed by atoms with Gasteiger partial charge in [-0.1, -0.05) is 15.9 Å². The summed E-state index contributed by atoms with van der Waals surface area (Å²) in [6.45, 7) is 1.93. The number of benzene rings is 1. The van der Waals surface area contributed by atoms with Crippen LogP contribution in [0.15, 0.2) is 27.1 Å². The predicted molar refractivity (Wildman–Crippen MR) is 113 cm³/mol. The third kappa shape index (κ3) is 4.92. The summed E-state index contributed by atoms with van der Waals surface area (Å²) in [6.07, 6.45) is 3.93. The zero-order valence-electron chi connectivity index (χ0n) is 14.8. The summed E-state index contributed by atoms with van der Waals surface area (Å²) in [5, 5.41) is 3.40. The van der Waals surface area contributed by atoms with Crippen LogP contribution in [0.3, 0.4) is 0 Å². The molecule has 0 bridgehead atoms. The summed E-state index contributed by atoms with van der Waals surface area (Å²) < 4.78 is 12.5. The minimum Gasteiger partial charge on any atom is -0.483 e. The molecule has 0 unspecified atom stereocenters. The Bertz CT molecular complexity index is 866. The lowest BCUT2D eigenvalue weighted by atomic mass is 9.95. The predicted octanol–water partition coefficient (Wildman–Crippen LogP) is 5.35. The van der Waals surface area contributed by atoms with Gasteiger partial charge in [0.05, 0.1) is 16.6 Å². The van der Waals surface area contributed by atoms with E-state index in [1.54, 1.807) is 13.0 Å². The molecule has 0 spiro atoms. The number of halogens is 2. The summed E-state index contributed by atoms with van der Waals surface area (Å²) in [6, 6.07) is 5.46. The van der Waals surface area contributed by atoms with Gasteiger partial charge in [0.1, 0.15) is 10.8 Å². The monoisotopic (exact) mass is 515 g/mol. The van der Waals surface area contributed by atoms with Crippen molar-refractivity contribution in [2.45, 2.75) is 32.6 Å². The topological polar surface area (TPSA) is 64.6 Å². The van der Waals surface area contributed by atoms with Gasteiger partial charge in [0.2, 0.25) is 0 Å². The Morgan fingerprint density at radius 1 is 1.22 bits per heavy atom. The molecule has 1 amide bonds. The first-order chi connectivity index (χ1) is 13.0. The van der Waals surface area contributed by atoms with E-state index in [0.717, 1.165) is 45.1 Å². The van der Waals surface area contributed by atoms with Crippen molar-refractivity contribution in [1.29, 1.82) is 0 Å². The molecule has 0 atom stereocenters. The highest BCUT2D eigenvalue weighted by atomic mass is 79.9. The Morgan fingerprint density at radius 2 is 2.00 bits per heavy atom. The number of fused-ring (bicyclic) bond motifs is 1. The van der Waals surface area contributed by atoms with Crippen LogP contribution in [-0.4, -0.2) is 25.1 Å². The molecule has 3 rings (SSSR count). The van der Waals surface area contributed by atoms with Crippen molar-refractivity contribution in [1.82, 2.24) is 0 Å². The highest BCUT2D eigenvalue weighted by Gasteiger charge is 2.27. The fourth-order valence-electron chi connectivity index (χ4n) is 2.97. The van der Waals surface area contributed by atoms with Crippen molar-refractivity contribution in [2.24, 2.45) is 0 Å². The second kappa shape index (κ2) is 9.21. The molecule has 8 heteroatoms. The van der Waals surface area contributed by atoms with Gasteiger partial charge in [-0.15, -0.1) is 11.3 Å². The van der Waals surface area contributed by atoms with Crippen LogP contribution in [0.25, 0.3) is 0 Å². The smallest absolute Gasteiger partial charge is 0.341 e. The van der Waals surface area contributed by atoms with E-state index in [9.17, 15) is 9.59 Å². The zero-order chi connectivity index (χ0) is 19.4. The summed E-state index contributed by atoms with van der Waals surface area (Å²) in [4.78, 5) is 26.0. The molecule has 0 saturated heterocycles. The van der Waals surface area contributed by atoms with E-state index in [4.69, 9.17) is 9.47 Å². The number of hydrogen-bond acceptors (Lipinski definition) is 5. The zero-order valence-corrected chi connectivity index (χ0v) is 18.8. The van der Waals surface area contributed by atoms with E-state index in [1.807, 2.05) is 12.1 Å². The van der Waals surface area contributed by atoms with E-state index < -0.39 is 0 Å². The lowest BCUT2D eigenvalue weighted by Gasteiger charge is -2.12. The Labute approximate surface area is 178 Å². The first kappa shape index (κ1) is 20.4. The molecule has 0 saturated carbocycles. The molecule has 0 aliphatic heterocycles. The van der Waals surface area contributed by atoms with Crippen LogP contribution in [0.1, 0.15) is 40.6 Å². The van der Waals surface area contributed by atoms with Crippen LogP contribution in [0, 0.1) is 0 Å². The molecular weight excluding hydrogens is 498 g/mol. The van der Waals surface area contributed by atoms with Crippen LogP contribution < -0.4 is 10.1 Å². The minimum absolute atomic E-state index is 0.148. The standard InChI is InChI=1S/C19H19Br2NO4S/c1-2-25-19(24)17-12-5-3-4-6-15(12)27-18(17)22-16(23)10-26-14-8-7-11(20)9-13(14)21/h7-9H,2-6,10H2,1H3,(H,22,23). The van der Waals surface area contributed by atoms with Crippen LogP contribution >= 0.6 is 43.2 Å². The van der Waals surface area contributed by atoms with Gasteiger partial charge in [0, 0.05) is 9.35 Å². The fourth-order valence-corrected chi connectivity index (χ4v) is 5.43. The number of nitrogens with one attached hydrogen (secondary N) is 1. The largest absolute Gasteiger partial charge is 0.483 e. The van der Waals surface area contributed by atoms with Gasteiger partial charge in [0.15, 0.2) is 6.61 Å². The van der Waals surface area contributed by atoms with E-state index in [-0.39, 0.29) is 18.5 Å². The van der Waals surface area contributed by atoms with Gasteiger partial charge in [-0.2, -0.15) is 0 Å². The Hall–Kier alpha value is -1.38. The van der Waals surface area contributed by atoms with E-state index in [1.165, 1.54) is 11.3 Å². The molecule has 0 fully saturated rings. The maximum atomic E-state index is 12.4. The van der Waals surface area contributed by atoms with Gasteiger partial charge < -0.3 is 14.8 Å². The van der Waals surface area contributed by atoms with E-state index >= 15 is 0 Å². The van der Waals surface area contributed by atoms with Gasteiger partial charge in [-0.05, 0) is 72.3 Å². The first-order valence-corrected chi connectivity index (χ1v) is 11.1. The summed E-state index contributed by atoms with van der Waals surface area (Å²) in [5.41, 5.74) is 1.53. The minimum atomic E-state index is -0.372. The van der Waals surface area contributed by atoms with E-state index in [2.05, 4.69) is 37.2 Å². The molecule has 0 radical (unpaired) electrons. The maximum absolute atomic E-state index is 12.4. The number of hydrogen-bond donors (Lipinski definition) is 1. The number of rotatable bonds is 6. The van der Waals surface area contributed by atoms with Crippen LogP contribution in [0.4, 0.5) is 5.00 Å². The van der Waals surface area contributed by atoms with Crippen molar-refractivity contribution in [3.8, 4) is 5.75 Å². The van der Waals surface area contributed by atoms with Crippen LogP contribution in [0.2, 0.25) is 0 Å². The molecule has 144 valence electrons. The Morgan fingerprint density at radius 3 is 2.74 bits per heavy atom. The molecule has 1 aromatic carbocycles. The van der Waals surface area contributed by atoms with E-state index in [0.29, 0.717) is 22.9 Å². The van der Waals surface area contributed by atoms with Crippen molar-refractivity contribution in [3.63, 3.8) is 0 Å². The van der Waals surface area contributed by atoms with Gasteiger partial charge in [-0.25, -0.2) is 4.79 Å². The molecule has 1 aliphatic rings. The number of aryl methyl sites for hydroxylation is 1. The first-order valence-electron chi connectivity index (χ1n) is 8.69. The lowest BCUT2D eigenvalue weighted by molar-refractivity contribution is -0.118. The number of amides is 1. The number of anilines is 1. The summed E-state index contributed by atoms with van der Waals surface area (Å²) in [5.74, 6) is -0.109. The normalized spacial score (nSPS) is 13.0. The van der Waals surface area contributed by atoms with Gasteiger partial charge in [-0.3, -0.25) is 4.79 Å². The molecule has 1 N–H and O–H groups in total. The summed E-state index contributed by atoms with van der Waals surface area (Å²) >= 11 is 8.25. The highest BCUT2D eigenvalue weighted by molar-refractivity contribution is 9.11. The van der Waals surface area contributed by atoms with Crippen molar-refractivity contribution in [2.75, 3.05) is 18.5 Å². The molecule has 2 aromatic rings. The van der Waals surface area contributed by atoms with Crippen molar-refractivity contribution in [3.05, 3.63) is 43.1 Å². The van der Waals surface area contributed by atoms with Gasteiger partial charge >= 0.3 is 5.97 Å². The number of thiophene rings is 1. The maximum Gasteiger partial charge on any atom is 0.341 e. The third-order valence-corrected chi connectivity index (χ3v) is 6.48. The number of ether oxygens (including phenoxy) is 2. The fraction of sp³-hybridized carbons (Fsp3) is 0.368. The quantitative estimate of drug-likeness (QED) is 0.526. The SMILES string of the molecule is CCOC(=O)c1c(NC(=O)COc2ccc(Br)cc2Br)sc2c1CCCC2. The molecule has 5 nitrogen and oxygen atoms in total. The second-order valence-electron chi connectivity index (χ2n) is 6.05. The average Bonchev–Trinajstić information content (AvgIpc) is 2.99. The molecule has 1 aliphatic carbocycles. The Kier molecular flexibility index (Phi) is 6.94. The third-order valence-electron chi connectivity index (χ3n) is 4.16. The molecule has 1 aromatic heterocycles. The second-order valence-corrected chi connectivity index (χ2v) is 8.92. The molecule has 1 heterocycles. The van der Waals surface area contributed by atoms with Gasteiger partial charge in [0.25, 0.3) is 5.91 Å². The van der Waals surface area contributed by atoms with Crippen molar-refractivity contribution < 1.29 is 19.1 Å². The number of esters is 1. The molecule has 27 heavy (non-hydrogen) atoms. The van der Waals surface area contributed by atoms with Crippen molar-refractivity contribution >= 4 is 60.1 Å². The highest BCUT2D eigenvalue weighted by Crippen LogP contribution is 2.38. The average molecular weight is 517 g/mol. The molecular formula is C19H19Br2NO4S. The number of carbonyl (C=O) groups excluding carboxylic acids is 2.